The van der Waals surface area contributed by atoms with Crippen LogP contribution in [0.25, 0.3) is 11.8 Å². The van der Waals surface area contributed by atoms with Gasteiger partial charge in [0, 0.05) is 18.2 Å². The van der Waals surface area contributed by atoms with Crippen LogP contribution >= 0.6 is 0 Å². The predicted octanol–water partition coefficient (Wildman–Crippen LogP) is 4.74. The fourth-order valence-corrected chi connectivity index (χ4v) is 3.37. The summed E-state index contributed by atoms with van der Waals surface area (Å²) < 4.78 is 12.5. The minimum absolute atomic E-state index is 0.0902. The molecule has 0 saturated heterocycles. The van der Waals surface area contributed by atoms with E-state index in [9.17, 15) is 24.8 Å². The lowest BCUT2D eigenvalue weighted by Gasteiger charge is -2.10. The van der Waals surface area contributed by atoms with Crippen LogP contribution in [0.15, 0.2) is 76.0 Å². The number of non-ortho nitro benzene ring substituents is 1. The van der Waals surface area contributed by atoms with Crippen molar-refractivity contribution in [3.63, 3.8) is 0 Å². The van der Waals surface area contributed by atoms with Gasteiger partial charge in [0.25, 0.3) is 5.69 Å². The number of ether oxygens (including phenoxy) is 1. The van der Waals surface area contributed by atoms with Crippen molar-refractivity contribution in [3.05, 3.63) is 110 Å². The summed E-state index contributed by atoms with van der Waals surface area (Å²) in [6, 6.07) is 15.8. The van der Waals surface area contributed by atoms with Crippen molar-refractivity contribution in [3.8, 4) is 23.1 Å². The molecule has 4 rings (SSSR count). The summed E-state index contributed by atoms with van der Waals surface area (Å²) in [6.45, 7) is 3.19. The Morgan fingerprint density at radius 3 is 2.46 bits per heavy atom. The molecular formula is C25H19N3O7. The molecule has 35 heavy (non-hydrogen) atoms. The average Bonchev–Trinajstić information content (AvgIpc) is 3.12. The minimum Gasteiger partial charge on any atom is -0.507 e. The van der Waals surface area contributed by atoms with Crippen LogP contribution in [-0.4, -0.2) is 25.6 Å². The topological polar surface area (TPSA) is 138 Å². The van der Waals surface area contributed by atoms with Crippen LogP contribution in [0.2, 0.25) is 0 Å². The van der Waals surface area contributed by atoms with Gasteiger partial charge in [-0.1, -0.05) is 18.2 Å². The van der Waals surface area contributed by atoms with Gasteiger partial charge in [-0.3, -0.25) is 14.9 Å². The summed E-state index contributed by atoms with van der Waals surface area (Å²) in [5.41, 5.74) is 0.0865. The van der Waals surface area contributed by atoms with E-state index in [0.717, 1.165) is 6.08 Å². The lowest BCUT2D eigenvalue weighted by atomic mass is 10.1. The van der Waals surface area contributed by atoms with E-state index in [-0.39, 0.29) is 17.3 Å². The molecule has 1 N–H and O–H groups in total. The molecule has 4 aromatic rings. The van der Waals surface area contributed by atoms with Crippen molar-refractivity contribution < 1.29 is 24.0 Å². The van der Waals surface area contributed by atoms with Crippen molar-refractivity contribution in [2.45, 2.75) is 13.8 Å². The summed E-state index contributed by atoms with van der Waals surface area (Å²) in [4.78, 5) is 35.2. The fourth-order valence-electron chi connectivity index (χ4n) is 3.37. The Morgan fingerprint density at radius 1 is 1.14 bits per heavy atom. The zero-order valence-electron chi connectivity index (χ0n) is 18.7. The van der Waals surface area contributed by atoms with E-state index in [1.165, 1.54) is 48.0 Å². The molecule has 2 aromatic heterocycles. The number of nitrogens with zero attached hydrogens (tertiary/aromatic N) is 3. The van der Waals surface area contributed by atoms with E-state index in [0.29, 0.717) is 22.7 Å². The highest BCUT2D eigenvalue weighted by atomic mass is 16.6. The number of aromatic nitrogens is 2. The molecular weight excluding hydrogens is 454 g/mol. The highest BCUT2D eigenvalue weighted by molar-refractivity contribution is 6.08. The summed E-state index contributed by atoms with van der Waals surface area (Å²) in [7, 11) is 0. The number of nitro groups is 1. The van der Waals surface area contributed by atoms with E-state index in [1.54, 1.807) is 6.92 Å². The van der Waals surface area contributed by atoms with Crippen LogP contribution in [0.3, 0.4) is 0 Å². The first-order valence-electron chi connectivity index (χ1n) is 10.4. The number of benzene rings is 2. The normalized spacial score (nSPS) is 11.0. The summed E-state index contributed by atoms with van der Waals surface area (Å²) in [6.07, 6.45) is 2.53. The maximum absolute atomic E-state index is 12.7. The van der Waals surface area contributed by atoms with Crippen LogP contribution in [0.5, 0.6) is 17.4 Å². The van der Waals surface area contributed by atoms with E-state index in [4.69, 9.17) is 9.15 Å². The number of rotatable bonds is 7. The second-order valence-corrected chi connectivity index (χ2v) is 7.51. The number of allylic oxidation sites excluding steroid dienone is 1. The predicted molar refractivity (Wildman–Crippen MR) is 126 cm³/mol. The van der Waals surface area contributed by atoms with Crippen LogP contribution < -0.4 is 10.4 Å². The molecule has 0 atom stereocenters. The zero-order valence-corrected chi connectivity index (χ0v) is 18.7. The van der Waals surface area contributed by atoms with Crippen LogP contribution in [0.4, 0.5) is 5.69 Å². The molecule has 0 spiro atoms. The molecule has 0 radical (unpaired) electrons. The standard InChI is InChI=1S/C25H19N3O7/c1-15-14-22(30)23(25(31)34-15)21(29)13-12-20-16(2)26-27(17-6-4-3-5-7-17)24(20)35-19-10-8-18(9-11-19)28(32)33/h3-14,30H,1-2H3/b13-12+. The van der Waals surface area contributed by atoms with Gasteiger partial charge in [0.2, 0.25) is 5.88 Å². The first-order valence-corrected chi connectivity index (χ1v) is 10.4. The van der Waals surface area contributed by atoms with E-state index >= 15 is 0 Å². The van der Waals surface area contributed by atoms with Crippen LogP contribution in [-0.2, 0) is 0 Å². The Bertz CT molecular complexity index is 1500. The van der Waals surface area contributed by atoms with Gasteiger partial charge in [-0.15, -0.1) is 0 Å². The summed E-state index contributed by atoms with van der Waals surface area (Å²) in [5.74, 6) is -0.513. The Balaban J connectivity index is 1.76. The van der Waals surface area contributed by atoms with Crippen molar-refractivity contribution in [1.82, 2.24) is 9.78 Å². The van der Waals surface area contributed by atoms with Gasteiger partial charge in [-0.2, -0.15) is 9.78 Å². The smallest absolute Gasteiger partial charge is 0.351 e. The van der Waals surface area contributed by atoms with Crippen molar-refractivity contribution >= 4 is 17.5 Å². The van der Waals surface area contributed by atoms with E-state index < -0.39 is 27.6 Å². The highest BCUT2D eigenvalue weighted by Crippen LogP contribution is 2.32. The molecule has 176 valence electrons. The Hall–Kier alpha value is -4.99. The molecule has 0 aliphatic rings. The monoisotopic (exact) mass is 473 g/mol. The largest absolute Gasteiger partial charge is 0.507 e. The summed E-state index contributed by atoms with van der Waals surface area (Å²) >= 11 is 0. The molecule has 0 bridgehead atoms. The van der Waals surface area contributed by atoms with Crippen molar-refractivity contribution in [1.29, 1.82) is 0 Å². The summed E-state index contributed by atoms with van der Waals surface area (Å²) in [5, 5.41) is 25.5. The maximum atomic E-state index is 12.7. The Morgan fingerprint density at radius 2 is 1.83 bits per heavy atom. The molecule has 10 heteroatoms. The number of carbonyl (C=O) groups is 1. The van der Waals surface area contributed by atoms with Gasteiger partial charge < -0.3 is 14.3 Å². The SMILES string of the molecule is Cc1cc(O)c(C(=O)/C=C/c2c(C)nn(-c3ccccc3)c2Oc2ccc([N+](=O)[O-])cc2)c(=O)o1. The quantitative estimate of drug-likeness (QED) is 0.176. The van der Waals surface area contributed by atoms with Crippen LogP contribution in [0.1, 0.15) is 27.4 Å². The third kappa shape index (κ3) is 4.86. The van der Waals surface area contributed by atoms with Gasteiger partial charge in [0.05, 0.1) is 21.9 Å². The third-order valence-electron chi connectivity index (χ3n) is 5.03. The molecule has 0 aliphatic heterocycles. The lowest BCUT2D eigenvalue weighted by molar-refractivity contribution is -0.384. The first-order chi connectivity index (χ1) is 16.7. The van der Waals surface area contributed by atoms with Gasteiger partial charge in [-0.05, 0) is 50.3 Å². The second-order valence-electron chi connectivity index (χ2n) is 7.51. The molecule has 0 aliphatic carbocycles. The number of carbonyl (C=O) groups excluding carboxylic acids is 1. The van der Waals surface area contributed by atoms with Gasteiger partial charge in [0.1, 0.15) is 22.8 Å². The molecule has 10 nitrogen and oxygen atoms in total. The minimum atomic E-state index is -0.948. The van der Waals surface area contributed by atoms with Gasteiger partial charge >= 0.3 is 5.63 Å². The fraction of sp³-hybridized carbons (Fsp3) is 0.0800. The van der Waals surface area contributed by atoms with Crippen LogP contribution in [0, 0.1) is 24.0 Å². The number of para-hydroxylation sites is 1. The third-order valence-corrected chi connectivity index (χ3v) is 5.03. The highest BCUT2D eigenvalue weighted by Gasteiger charge is 2.20. The van der Waals surface area contributed by atoms with E-state index in [2.05, 4.69) is 5.10 Å². The maximum Gasteiger partial charge on any atom is 0.351 e. The number of hydrogen-bond donors (Lipinski definition) is 1. The second kappa shape index (κ2) is 9.48. The molecule has 0 amide bonds. The number of aryl methyl sites for hydroxylation is 2. The van der Waals surface area contributed by atoms with Crippen molar-refractivity contribution in [2.75, 3.05) is 0 Å². The molecule has 2 heterocycles. The Labute approximate surface area is 198 Å². The zero-order chi connectivity index (χ0) is 25.1. The van der Waals surface area contributed by atoms with Gasteiger partial charge in [0.15, 0.2) is 5.78 Å². The number of nitro benzene ring substituents is 1. The van der Waals surface area contributed by atoms with Crippen molar-refractivity contribution in [2.24, 2.45) is 0 Å². The van der Waals surface area contributed by atoms with Gasteiger partial charge in [-0.25, -0.2) is 4.79 Å². The average molecular weight is 473 g/mol. The number of ketones is 1. The number of hydrogen-bond acceptors (Lipinski definition) is 8. The molecule has 2 aromatic carbocycles. The van der Waals surface area contributed by atoms with E-state index in [1.807, 2.05) is 30.3 Å². The number of aromatic hydroxyl groups is 1. The molecule has 0 saturated carbocycles. The molecule has 0 fully saturated rings. The lowest BCUT2D eigenvalue weighted by Crippen LogP contribution is -2.13. The Kier molecular flexibility index (Phi) is 6.27. The molecule has 0 unspecified atom stereocenters. The first kappa shape index (κ1) is 23.2.